The van der Waals surface area contributed by atoms with Crippen molar-refractivity contribution in [3.8, 4) is 0 Å². The smallest absolute Gasteiger partial charge is 0.253 e. The van der Waals surface area contributed by atoms with Gasteiger partial charge in [0, 0.05) is 44.6 Å². The van der Waals surface area contributed by atoms with Crippen molar-refractivity contribution in [3.05, 3.63) is 12.2 Å². The van der Waals surface area contributed by atoms with Gasteiger partial charge in [0.2, 0.25) is 5.91 Å². The fraction of sp³-hybridized carbons (Fsp3) is 0.880. The number of rotatable bonds is 25. The summed E-state index contributed by atoms with van der Waals surface area (Å²) in [7, 11) is 0. The van der Waals surface area contributed by atoms with Gasteiger partial charge in [0.25, 0.3) is 11.8 Å². The summed E-state index contributed by atoms with van der Waals surface area (Å²) in [6.07, 6.45) is -35.7. The fourth-order valence-corrected chi connectivity index (χ4v) is 11.2. The summed E-state index contributed by atoms with van der Waals surface area (Å²) < 4.78 is 57.4. The maximum atomic E-state index is 12.9. The van der Waals surface area contributed by atoms with E-state index in [0.29, 0.717) is 51.5 Å². The number of hydrogen-bond acceptors (Lipinski definition) is 29. The minimum Gasteiger partial charge on any atom is -0.394 e. The van der Waals surface area contributed by atoms with E-state index >= 15 is 0 Å². The zero-order valence-electron chi connectivity index (χ0n) is 44.4. The van der Waals surface area contributed by atoms with Crippen LogP contribution in [-0.2, 0) is 66.5 Å². The summed E-state index contributed by atoms with van der Waals surface area (Å²) in [5, 5.41) is 164. The van der Waals surface area contributed by atoms with Gasteiger partial charge in [0.05, 0.1) is 33.0 Å². The molecule has 0 spiro atoms. The van der Waals surface area contributed by atoms with E-state index in [2.05, 4.69) is 5.32 Å². The number of carbonyl (C=O) groups is 4. The van der Waals surface area contributed by atoms with Crippen molar-refractivity contribution in [2.75, 3.05) is 46.2 Å². The second-order valence-electron chi connectivity index (χ2n) is 21.5. The lowest BCUT2D eigenvalue weighted by atomic mass is 9.79. The van der Waals surface area contributed by atoms with Gasteiger partial charge in [-0.25, -0.2) is 0 Å². The number of unbranched alkanes of at least 4 members (excludes halogenated alkanes) is 3. The van der Waals surface area contributed by atoms with Crippen LogP contribution in [0.15, 0.2) is 12.2 Å². The maximum Gasteiger partial charge on any atom is 0.253 e. The topological polar surface area (TPSA) is 479 Å². The van der Waals surface area contributed by atoms with Gasteiger partial charge in [-0.3, -0.25) is 24.1 Å². The van der Waals surface area contributed by atoms with Crippen molar-refractivity contribution in [2.45, 2.75) is 218 Å². The lowest BCUT2D eigenvalue weighted by Crippen LogP contribution is -2.70. The highest BCUT2D eigenvalue weighted by molar-refractivity contribution is 6.12. The highest BCUT2D eigenvalue weighted by Crippen LogP contribution is 2.37. The van der Waals surface area contributed by atoms with Crippen molar-refractivity contribution >= 4 is 23.5 Å². The van der Waals surface area contributed by atoms with Crippen molar-refractivity contribution in [2.24, 2.45) is 11.8 Å². The lowest BCUT2D eigenvalue weighted by molar-refractivity contribution is -0.389. The van der Waals surface area contributed by atoms with E-state index < -0.39 is 192 Å². The number of nitrogens with zero attached hydrogens (tertiary/aromatic N) is 1. The van der Waals surface area contributed by atoms with Gasteiger partial charge in [0.1, 0.15) is 128 Å². The molecule has 0 aromatic heterocycles. The minimum absolute atomic E-state index is 0.0539. The third-order valence-corrected chi connectivity index (χ3v) is 15.9. The van der Waals surface area contributed by atoms with Crippen molar-refractivity contribution in [1.29, 1.82) is 0 Å². The number of nitrogens with one attached hydrogen (secondary N) is 1. The van der Waals surface area contributed by atoms with Gasteiger partial charge in [0.15, 0.2) is 31.5 Å². The fourth-order valence-electron chi connectivity index (χ4n) is 11.2. The number of hydrogen-bond donors (Lipinski definition) is 16. The molecule has 5 saturated heterocycles. The van der Waals surface area contributed by atoms with Crippen LogP contribution in [0.1, 0.15) is 64.7 Å². The molecule has 6 heterocycles. The number of amides is 3. The first kappa shape index (κ1) is 65.6. The standard InChI is InChI=1S/C50H80N2O29/c1-20(58)51-31-44(80-48-38(68)35(65)32(62)24(15-53)74-48)33(63)25(16-54)73-46(31)81-45-34(64)26(17-55)75-50(41(45)71)79-43-28(19-57)77-49(40(70)37(43)67)78-42-27(18-56)76-47(39(69)36(42)66)72-13-5-3-2-4-6-23(59)22-9-7-21(8-10-22)14-52-29(60)11-12-30(52)61/h11-12,21-22,24-28,31-50,53-57,62-71H,2-10,13-19H2,1H3,(H,51,58). The van der Waals surface area contributed by atoms with E-state index in [1.807, 2.05) is 0 Å². The summed E-state index contributed by atoms with van der Waals surface area (Å²) >= 11 is 0. The Kier molecular flexibility index (Phi) is 24.2. The lowest BCUT2D eigenvalue weighted by Gasteiger charge is -2.50. The molecule has 81 heavy (non-hydrogen) atoms. The number of aliphatic hydroxyl groups excluding tert-OH is 15. The molecule has 3 amide bonds. The summed E-state index contributed by atoms with van der Waals surface area (Å²) in [5.41, 5.74) is 0. The first-order chi connectivity index (χ1) is 38.7. The molecule has 0 aromatic rings. The molecule has 464 valence electrons. The molecule has 1 saturated carbocycles. The van der Waals surface area contributed by atoms with Crippen molar-refractivity contribution in [1.82, 2.24) is 10.2 Å². The third kappa shape index (κ3) is 15.4. The van der Waals surface area contributed by atoms with Crippen LogP contribution in [0.2, 0.25) is 0 Å². The van der Waals surface area contributed by atoms with Crippen LogP contribution >= 0.6 is 0 Å². The quantitative estimate of drug-likeness (QED) is 0.0298. The Bertz CT molecular complexity index is 2030. The molecule has 25 atom stereocenters. The van der Waals surface area contributed by atoms with E-state index in [-0.39, 0.29) is 36.0 Å². The minimum atomic E-state index is -2.17. The summed E-state index contributed by atoms with van der Waals surface area (Å²) in [4.78, 5) is 50.6. The molecule has 6 fully saturated rings. The van der Waals surface area contributed by atoms with E-state index in [0.717, 1.165) is 19.8 Å². The van der Waals surface area contributed by atoms with Gasteiger partial charge in [-0.05, 0) is 44.4 Å². The summed E-state index contributed by atoms with van der Waals surface area (Å²) in [5.74, 6) is -1.17. The highest BCUT2D eigenvalue weighted by Gasteiger charge is 2.57. The number of ether oxygens (including phenoxy) is 10. The van der Waals surface area contributed by atoms with Gasteiger partial charge < -0.3 is 129 Å². The predicted molar refractivity (Wildman–Crippen MR) is 261 cm³/mol. The molecular formula is C50H80N2O29. The second-order valence-corrected chi connectivity index (χ2v) is 21.5. The van der Waals surface area contributed by atoms with E-state index in [9.17, 15) is 95.8 Å². The average Bonchev–Trinajstić information content (AvgIpc) is 3.80. The van der Waals surface area contributed by atoms with E-state index in [4.69, 9.17) is 47.4 Å². The van der Waals surface area contributed by atoms with Crippen LogP contribution in [0.25, 0.3) is 0 Å². The SMILES string of the molecule is CC(=O)NC1C(OC2C(O)C(CO)OC(OC3C(CO)OC(OC4C(CO)OC(OCCCCCCC(=O)C5CCC(CN6C(=O)C=CC6=O)CC5)C(O)C4O)C(O)C3O)C2O)OC(CO)C(O)C1OC1OC(CO)C(O)C(O)C1O. The van der Waals surface area contributed by atoms with Crippen molar-refractivity contribution in [3.63, 3.8) is 0 Å². The monoisotopic (exact) mass is 1170 g/mol. The Morgan fingerprint density at radius 2 is 0.926 bits per heavy atom. The largest absolute Gasteiger partial charge is 0.394 e. The van der Waals surface area contributed by atoms with Gasteiger partial charge >= 0.3 is 0 Å². The average molecular weight is 1170 g/mol. The normalized spacial score (nSPS) is 44.1. The maximum absolute atomic E-state index is 12.9. The van der Waals surface area contributed by atoms with Gasteiger partial charge in [-0.1, -0.05) is 12.8 Å². The third-order valence-electron chi connectivity index (χ3n) is 15.9. The Morgan fingerprint density at radius 1 is 0.494 bits per heavy atom. The van der Waals surface area contributed by atoms with E-state index in [1.165, 1.54) is 17.1 Å². The molecular weight excluding hydrogens is 1090 g/mol. The number of carbonyl (C=O) groups excluding carboxylic acids is 4. The molecule has 31 heteroatoms. The predicted octanol–water partition coefficient (Wildman–Crippen LogP) is -8.51. The summed E-state index contributed by atoms with van der Waals surface area (Å²) in [6.45, 7) is -3.18. The molecule has 0 radical (unpaired) electrons. The molecule has 7 rings (SSSR count). The zero-order chi connectivity index (χ0) is 59.0. The van der Waals surface area contributed by atoms with Crippen molar-refractivity contribution < 1.29 is 143 Å². The molecule has 31 nitrogen and oxygen atoms in total. The molecule has 7 aliphatic rings. The molecule has 6 aliphatic heterocycles. The highest BCUT2D eigenvalue weighted by atomic mass is 16.8. The van der Waals surface area contributed by atoms with Gasteiger partial charge in [-0.2, -0.15) is 0 Å². The van der Waals surface area contributed by atoms with Crippen LogP contribution in [0.4, 0.5) is 0 Å². The molecule has 1 aliphatic carbocycles. The number of ketones is 1. The first-order valence-corrected chi connectivity index (χ1v) is 27.4. The van der Waals surface area contributed by atoms with Crippen LogP contribution in [0.5, 0.6) is 0 Å². The molecule has 16 N–H and O–H groups in total. The molecule has 25 unspecified atom stereocenters. The Labute approximate surface area is 464 Å². The Morgan fingerprint density at radius 3 is 1.47 bits per heavy atom. The van der Waals surface area contributed by atoms with Crippen LogP contribution in [0.3, 0.4) is 0 Å². The number of Topliss-reactive ketones (excluding diaryl/α,β-unsaturated/α-hetero) is 1. The Hall–Kier alpha value is -2.98. The summed E-state index contributed by atoms with van der Waals surface area (Å²) in [6, 6.07) is -1.69. The Balaban J connectivity index is 0.903. The van der Waals surface area contributed by atoms with Crippen LogP contribution in [0, 0.1) is 11.8 Å². The van der Waals surface area contributed by atoms with E-state index in [1.54, 1.807) is 0 Å². The molecule has 0 bridgehead atoms. The first-order valence-electron chi connectivity index (χ1n) is 27.4. The number of aliphatic hydroxyl groups is 15. The zero-order valence-corrected chi connectivity index (χ0v) is 44.4. The number of imide groups is 1. The van der Waals surface area contributed by atoms with Crippen LogP contribution < -0.4 is 5.32 Å². The second kappa shape index (κ2) is 29.9. The van der Waals surface area contributed by atoms with Crippen LogP contribution in [-0.4, -0.2) is 305 Å². The molecule has 0 aromatic carbocycles. The van der Waals surface area contributed by atoms with Gasteiger partial charge in [-0.15, -0.1) is 0 Å².